The van der Waals surface area contributed by atoms with Gasteiger partial charge in [0.25, 0.3) is 0 Å². The Balaban J connectivity index is 1.36. The fourth-order valence-corrected chi connectivity index (χ4v) is 5.22. The molecule has 0 radical (unpaired) electrons. The van der Waals surface area contributed by atoms with E-state index in [1.54, 1.807) is 18.7 Å². The summed E-state index contributed by atoms with van der Waals surface area (Å²) >= 11 is 0. The Hall–Kier alpha value is -5.38. The molecule has 1 heterocycles. The second-order valence-electron chi connectivity index (χ2n) is 14.2. The summed E-state index contributed by atoms with van der Waals surface area (Å²) in [6.45, 7) is 12.1. The zero-order valence-electron chi connectivity index (χ0n) is 31.7. The molecule has 13 nitrogen and oxygen atoms in total. The molecule has 0 saturated heterocycles. The molecule has 0 unspecified atom stereocenters. The molecule has 2 aromatic rings. The van der Waals surface area contributed by atoms with Gasteiger partial charge >= 0.3 is 6.09 Å². The molecular weight excluding hydrogens is 676 g/mol. The second-order valence-corrected chi connectivity index (χ2v) is 14.2. The van der Waals surface area contributed by atoms with Gasteiger partial charge in [-0.2, -0.15) is 0 Å². The van der Waals surface area contributed by atoms with Crippen molar-refractivity contribution in [2.75, 3.05) is 31.1 Å². The number of para-hydroxylation sites is 1. The van der Waals surface area contributed by atoms with Crippen molar-refractivity contribution >= 4 is 41.3 Å². The number of hydrogen-bond acceptors (Lipinski definition) is 7. The smallest absolute Gasteiger partial charge is 0.407 e. The molecule has 0 fully saturated rings. The van der Waals surface area contributed by atoms with Gasteiger partial charge in [-0.3, -0.25) is 24.0 Å². The van der Waals surface area contributed by atoms with Gasteiger partial charge in [0.1, 0.15) is 12.1 Å². The van der Waals surface area contributed by atoms with Crippen LogP contribution < -0.4 is 31.5 Å². The number of amides is 6. The van der Waals surface area contributed by atoms with Gasteiger partial charge in [0.2, 0.25) is 29.5 Å². The first-order valence-corrected chi connectivity index (χ1v) is 18.2. The van der Waals surface area contributed by atoms with Gasteiger partial charge in [-0.25, -0.2) is 4.79 Å². The lowest BCUT2D eigenvalue weighted by molar-refractivity contribution is -0.132. The number of nitrogens with zero attached hydrogens (tertiary/aromatic N) is 1. The third-order valence-corrected chi connectivity index (χ3v) is 8.90. The summed E-state index contributed by atoms with van der Waals surface area (Å²) in [4.78, 5) is 77.7. The Labute approximate surface area is 312 Å². The van der Waals surface area contributed by atoms with E-state index in [2.05, 4.69) is 38.4 Å². The average Bonchev–Trinajstić information content (AvgIpc) is 3.12. The van der Waals surface area contributed by atoms with Crippen LogP contribution in [0.15, 0.2) is 48.5 Å². The quantitative estimate of drug-likeness (QED) is 0.115. The van der Waals surface area contributed by atoms with Crippen LogP contribution in [-0.4, -0.2) is 74.0 Å². The topological polar surface area (TPSA) is 175 Å². The van der Waals surface area contributed by atoms with E-state index in [1.165, 1.54) is 6.92 Å². The highest BCUT2D eigenvalue weighted by Gasteiger charge is 2.27. The first kappa shape index (κ1) is 42.0. The van der Waals surface area contributed by atoms with E-state index >= 15 is 0 Å². The van der Waals surface area contributed by atoms with Gasteiger partial charge in [-0.05, 0) is 54.9 Å². The van der Waals surface area contributed by atoms with Crippen molar-refractivity contribution in [3.8, 4) is 11.8 Å². The highest BCUT2D eigenvalue weighted by molar-refractivity contribution is 5.95. The number of nitrogens with one attached hydrogen (secondary N) is 5. The minimum Gasteiger partial charge on any atom is -0.449 e. The number of hydrogen-bond donors (Lipinski definition) is 5. The second kappa shape index (κ2) is 20.6. The summed E-state index contributed by atoms with van der Waals surface area (Å²) in [5, 5.41) is 13.3. The summed E-state index contributed by atoms with van der Waals surface area (Å²) in [6, 6.07) is 13.4. The van der Waals surface area contributed by atoms with Crippen LogP contribution in [0.3, 0.4) is 0 Å². The zero-order chi connectivity index (χ0) is 39.0. The number of anilines is 1. The molecule has 0 spiro atoms. The maximum atomic E-state index is 13.4. The number of benzene rings is 2. The van der Waals surface area contributed by atoms with E-state index in [0.717, 1.165) is 28.8 Å². The molecule has 53 heavy (non-hydrogen) atoms. The Morgan fingerprint density at radius 3 is 2.13 bits per heavy atom. The third kappa shape index (κ3) is 13.9. The molecule has 0 aromatic heterocycles. The highest BCUT2D eigenvalue weighted by Crippen LogP contribution is 2.26. The maximum Gasteiger partial charge on any atom is 0.407 e. The van der Waals surface area contributed by atoms with Crippen molar-refractivity contribution in [1.82, 2.24) is 26.6 Å². The molecule has 13 heteroatoms. The molecule has 1 aliphatic heterocycles. The van der Waals surface area contributed by atoms with Crippen LogP contribution in [0, 0.1) is 23.2 Å². The van der Waals surface area contributed by atoms with Crippen molar-refractivity contribution < 1.29 is 33.5 Å². The summed E-state index contributed by atoms with van der Waals surface area (Å²) in [7, 11) is 0. The van der Waals surface area contributed by atoms with Crippen molar-refractivity contribution in [1.29, 1.82) is 0 Å². The fraction of sp³-hybridized carbons (Fsp3) is 0.500. The van der Waals surface area contributed by atoms with Crippen LogP contribution in [-0.2, 0) is 35.3 Å². The van der Waals surface area contributed by atoms with Gasteiger partial charge in [-0.1, -0.05) is 76.8 Å². The lowest BCUT2D eigenvalue weighted by Crippen LogP contribution is -2.54. The summed E-state index contributed by atoms with van der Waals surface area (Å²) < 4.78 is 5.20. The molecular formula is C40H54N6O7. The molecule has 0 aliphatic carbocycles. The van der Waals surface area contributed by atoms with E-state index in [0.29, 0.717) is 6.54 Å². The summed E-state index contributed by atoms with van der Waals surface area (Å²) in [5.41, 5.74) is 3.15. The molecule has 2 atom stereocenters. The minimum absolute atomic E-state index is 0.00920. The maximum absolute atomic E-state index is 13.4. The van der Waals surface area contributed by atoms with Crippen molar-refractivity contribution in [2.45, 2.75) is 92.3 Å². The Morgan fingerprint density at radius 1 is 0.774 bits per heavy atom. The van der Waals surface area contributed by atoms with Crippen LogP contribution in [0.5, 0.6) is 0 Å². The highest BCUT2D eigenvalue weighted by atomic mass is 16.5. The summed E-state index contributed by atoms with van der Waals surface area (Å²) in [5.74, 6) is 4.28. The van der Waals surface area contributed by atoms with Gasteiger partial charge < -0.3 is 36.2 Å². The van der Waals surface area contributed by atoms with E-state index in [-0.39, 0.29) is 75.1 Å². The lowest BCUT2D eigenvalue weighted by atomic mass is 9.92. The van der Waals surface area contributed by atoms with Gasteiger partial charge in [0.15, 0.2) is 0 Å². The van der Waals surface area contributed by atoms with Crippen LogP contribution in [0.1, 0.15) is 90.3 Å². The van der Waals surface area contributed by atoms with Crippen LogP contribution in [0.2, 0.25) is 0 Å². The third-order valence-electron chi connectivity index (χ3n) is 8.90. The molecule has 0 saturated carbocycles. The Bertz CT molecular complexity index is 1680. The number of fused-ring (bicyclic) bond motifs is 2. The summed E-state index contributed by atoms with van der Waals surface area (Å²) in [6.07, 6.45) is 0.685. The lowest BCUT2D eigenvalue weighted by Gasteiger charge is -2.26. The fourth-order valence-electron chi connectivity index (χ4n) is 5.22. The first-order chi connectivity index (χ1) is 25.2. The number of ether oxygens (including phenoxy) is 1. The van der Waals surface area contributed by atoms with Gasteiger partial charge in [0, 0.05) is 50.0 Å². The predicted octanol–water partition coefficient (Wildman–Crippen LogP) is 3.53. The molecule has 3 rings (SSSR count). The van der Waals surface area contributed by atoms with Crippen LogP contribution in [0.4, 0.5) is 10.5 Å². The molecule has 286 valence electrons. The molecule has 2 aromatic carbocycles. The molecule has 6 amide bonds. The molecule has 5 N–H and O–H groups in total. The number of carbonyl (C=O) groups is 6. The number of carbonyl (C=O) groups excluding carboxylic acids is 6. The number of alkyl carbamates (subject to hydrolysis) is 1. The van der Waals surface area contributed by atoms with E-state index in [4.69, 9.17) is 4.74 Å². The first-order valence-electron chi connectivity index (χ1n) is 18.2. The van der Waals surface area contributed by atoms with Crippen molar-refractivity contribution in [3.63, 3.8) is 0 Å². The largest absolute Gasteiger partial charge is 0.449 e. The van der Waals surface area contributed by atoms with Gasteiger partial charge in [0.05, 0.1) is 18.8 Å². The molecule has 0 bridgehead atoms. The van der Waals surface area contributed by atoms with Crippen molar-refractivity contribution in [3.05, 3.63) is 65.2 Å². The zero-order valence-corrected chi connectivity index (χ0v) is 31.7. The Kier molecular flexibility index (Phi) is 16.3. The normalized spacial score (nSPS) is 13.0. The SMILES string of the molecule is CCC(C)(C)COC(=O)NCCNC(=O)[C@H](C)NC(=O)[C@@H](NC(=O)CCCC(=O)NCCC(=O)N1Cc2ccccc2C#Cc2ccccc21)C(C)C. The molecule has 1 aliphatic rings. The van der Waals surface area contributed by atoms with Crippen LogP contribution in [0.25, 0.3) is 0 Å². The van der Waals surface area contributed by atoms with E-state index in [1.807, 2.05) is 69.3 Å². The number of rotatable bonds is 18. The minimum atomic E-state index is -0.896. The Morgan fingerprint density at radius 2 is 1.42 bits per heavy atom. The van der Waals surface area contributed by atoms with Gasteiger partial charge in [-0.15, -0.1) is 0 Å². The predicted molar refractivity (Wildman–Crippen MR) is 202 cm³/mol. The standard InChI is InChI=1S/C40H54N6O7/c1-7-40(5,6)26-53-39(52)43-24-23-42-37(50)28(4)44-38(51)36(27(2)3)45-34(48)18-12-17-33(47)41-22-21-35(49)46-25-31-15-9-8-13-29(31)19-20-30-14-10-11-16-32(30)46/h8-11,13-16,27-28,36H,7,12,17-18,21-26H2,1-6H3,(H,41,47)(H,42,50)(H,43,52)(H,44,51)(H,45,48)/t28-,36-/m0/s1. The van der Waals surface area contributed by atoms with E-state index < -0.39 is 35.9 Å². The average molecular weight is 731 g/mol. The van der Waals surface area contributed by atoms with Crippen molar-refractivity contribution in [2.24, 2.45) is 11.3 Å². The van der Waals surface area contributed by atoms with E-state index in [9.17, 15) is 28.8 Å². The monoisotopic (exact) mass is 730 g/mol. The van der Waals surface area contributed by atoms with Crippen LogP contribution >= 0.6 is 0 Å².